The average molecular weight is 790 g/mol. The quantitative estimate of drug-likeness (QED) is 0.0715. The van der Waals surface area contributed by atoms with Crippen LogP contribution in [0.1, 0.15) is 69.2 Å². The molecule has 0 aliphatic heterocycles. The van der Waals surface area contributed by atoms with Gasteiger partial charge >= 0.3 is 11.9 Å². The molecule has 0 amide bonds. The van der Waals surface area contributed by atoms with E-state index in [-0.39, 0.29) is 25.2 Å². The Morgan fingerprint density at radius 3 is 1.13 bits per heavy atom. The molecule has 0 saturated carbocycles. The lowest BCUT2D eigenvalue weighted by molar-refractivity contribution is -0.145. The number of rotatable bonds is 43. The third kappa shape index (κ3) is 35.7. The van der Waals surface area contributed by atoms with Crippen molar-refractivity contribution in [3.63, 3.8) is 0 Å². The number of anilines is 1. The van der Waals surface area contributed by atoms with Gasteiger partial charge in [0.15, 0.2) is 0 Å². The van der Waals surface area contributed by atoms with Gasteiger partial charge in [-0.25, -0.2) is 4.79 Å². The van der Waals surface area contributed by atoms with Gasteiger partial charge in [0.25, 0.3) is 0 Å². The molecule has 0 unspecified atom stereocenters. The molecule has 1 rings (SSSR count). The highest BCUT2D eigenvalue weighted by atomic mass is 16.6. The van der Waals surface area contributed by atoms with Crippen molar-refractivity contribution in [1.29, 1.82) is 0 Å². The second-order valence-electron chi connectivity index (χ2n) is 12.1. The van der Waals surface area contributed by atoms with Gasteiger partial charge in [-0.1, -0.05) is 39.5 Å². The third-order valence-corrected chi connectivity index (χ3v) is 7.51. The molecular weight excluding hydrogens is 718 g/mol. The molecule has 320 valence electrons. The van der Waals surface area contributed by atoms with Crippen LogP contribution in [0.15, 0.2) is 24.3 Å². The van der Waals surface area contributed by atoms with E-state index in [1.54, 1.807) is 12.1 Å². The highest BCUT2D eigenvalue weighted by Gasteiger charge is 2.07. The Balaban J connectivity index is 1.68. The number of esters is 2. The van der Waals surface area contributed by atoms with Gasteiger partial charge in [0.05, 0.1) is 138 Å². The fraction of sp³-hybridized carbons (Fsp3) is 0.800. The molecule has 55 heavy (non-hydrogen) atoms. The largest absolute Gasteiger partial charge is 0.463 e. The Hall–Kier alpha value is -2.44. The van der Waals surface area contributed by atoms with Gasteiger partial charge < -0.3 is 62.2 Å². The summed E-state index contributed by atoms with van der Waals surface area (Å²) >= 11 is 0. The Morgan fingerprint density at radius 1 is 0.418 bits per heavy atom. The highest BCUT2D eigenvalue weighted by molar-refractivity contribution is 5.89. The van der Waals surface area contributed by atoms with Crippen LogP contribution in [-0.4, -0.2) is 164 Å². The van der Waals surface area contributed by atoms with E-state index in [0.29, 0.717) is 144 Å². The lowest BCUT2D eigenvalue weighted by atomic mass is 10.2. The zero-order valence-corrected chi connectivity index (χ0v) is 33.7. The van der Waals surface area contributed by atoms with Gasteiger partial charge in [-0.05, 0) is 37.1 Å². The third-order valence-electron chi connectivity index (χ3n) is 7.51. The normalized spacial score (nSPS) is 11.2. The Bertz CT molecular complexity index is 972. The summed E-state index contributed by atoms with van der Waals surface area (Å²) in [5, 5.41) is 3.32. The summed E-state index contributed by atoms with van der Waals surface area (Å²) in [6.07, 6.45) is 6.98. The maximum absolute atomic E-state index is 12.1. The van der Waals surface area contributed by atoms with E-state index < -0.39 is 0 Å². The summed E-state index contributed by atoms with van der Waals surface area (Å²) in [5.41, 5.74) is 1.51. The highest BCUT2D eigenvalue weighted by Crippen LogP contribution is 2.11. The molecule has 15 nitrogen and oxygen atoms in total. The van der Waals surface area contributed by atoms with E-state index in [1.807, 2.05) is 12.1 Å². The molecule has 0 heterocycles. The number of carbonyl (C=O) groups is 2. The first-order chi connectivity index (χ1) is 27.2. The van der Waals surface area contributed by atoms with E-state index >= 15 is 0 Å². The molecule has 0 fully saturated rings. The molecule has 0 spiro atoms. The maximum Gasteiger partial charge on any atom is 0.338 e. The lowest BCUT2D eigenvalue weighted by Gasteiger charge is -2.09. The van der Waals surface area contributed by atoms with Gasteiger partial charge in [-0.3, -0.25) is 4.79 Å². The number of carbonyl (C=O) groups excluding carboxylic acids is 2. The SMILES string of the molecule is CCCCCCC(=O)OCCOCCOCCOCCOCCOCCOCCOCCOCCOCCOCCOC(=O)c1ccc(NCCCC)cc1. The van der Waals surface area contributed by atoms with Gasteiger partial charge in [-0.15, -0.1) is 0 Å². The molecule has 0 aliphatic rings. The van der Waals surface area contributed by atoms with E-state index in [4.69, 9.17) is 56.8 Å². The van der Waals surface area contributed by atoms with Crippen molar-refractivity contribution in [3.8, 4) is 0 Å². The number of benzene rings is 1. The number of ether oxygens (including phenoxy) is 12. The molecule has 1 aromatic carbocycles. The number of unbranched alkanes of at least 4 members (excludes halogenated alkanes) is 4. The molecule has 0 aromatic heterocycles. The summed E-state index contributed by atoms with van der Waals surface area (Å²) in [6.45, 7) is 14.8. The summed E-state index contributed by atoms with van der Waals surface area (Å²) in [4.78, 5) is 23.7. The predicted molar refractivity (Wildman–Crippen MR) is 208 cm³/mol. The van der Waals surface area contributed by atoms with Crippen molar-refractivity contribution < 1.29 is 66.4 Å². The zero-order valence-electron chi connectivity index (χ0n) is 33.7. The molecule has 1 aromatic rings. The predicted octanol–water partition coefficient (Wildman–Crippen LogP) is 4.74. The molecule has 0 atom stereocenters. The van der Waals surface area contributed by atoms with Crippen LogP contribution in [0.2, 0.25) is 0 Å². The van der Waals surface area contributed by atoms with Crippen LogP contribution in [0.25, 0.3) is 0 Å². The number of nitrogens with one attached hydrogen (secondary N) is 1. The van der Waals surface area contributed by atoms with Gasteiger partial charge in [-0.2, -0.15) is 0 Å². The van der Waals surface area contributed by atoms with Crippen molar-refractivity contribution >= 4 is 17.6 Å². The van der Waals surface area contributed by atoms with Crippen LogP contribution in [-0.2, 0) is 61.6 Å². The van der Waals surface area contributed by atoms with E-state index in [9.17, 15) is 9.59 Å². The maximum atomic E-state index is 12.1. The van der Waals surface area contributed by atoms with Crippen LogP contribution >= 0.6 is 0 Å². The molecule has 0 radical (unpaired) electrons. The Labute approximate surface area is 329 Å². The minimum Gasteiger partial charge on any atom is -0.463 e. The monoisotopic (exact) mass is 789 g/mol. The Kier molecular flexibility index (Phi) is 37.9. The Morgan fingerprint density at radius 2 is 0.764 bits per heavy atom. The molecule has 0 saturated heterocycles. The topological polar surface area (TPSA) is 157 Å². The first kappa shape index (κ1) is 50.6. The zero-order chi connectivity index (χ0) is 39.5. The minimum absolute atomic E-state index is 0.157. The smallest absolute Gasteiger partial charge is 0.338 e. The van der Waals surface area contributed by atoms with Crippen LogP contribution in [0, 0.1) is 0 Å². The van der Waals surface area contributed by atoms with Gasteiger partial charge in [0, 0.05) is 18.7 Å². The summed E-state index contributed by atoms with van der Waals surface area (Å²) in [6, 6.07) is 7.28. The van der Waals surface area contributed by atoms with Crippen molar-refractivity contribution in [2.24, 2.45) is 0 Å². The van der Waals surface area contributed by atoms with E-state index in [0.717, 1.165) is 50.8 Å². The van der Waals surface area contributed by atoms with E-state index in [1.165, 1.54) is 0 Å². The molecular formula is C40H71NO14. The molecule has 0 aliphatic carbocycles. The van der Waals surface area contributed by atoms with Crippen molar-refractivity contribution in [1.82, 2.24) is 0 Å². The minimum atomic E-state index is -0.364. The van der Waals surface area contributed by atoms with Crippen LogP contribution in [0.5, 0.6) is 0 Å². The van der Waals surface area contributed by atoms with Crippen molar-refractivity contribution in [2.45, 2.75) is 58.8 Å². The first-order valence-electron chi connectivity index (χ1n) is 20.1. The van der Waals surface area contributed by atoms with Crippen molar-refractivity contribution in [2.75, 3.05) is 157 Å². The molecule has 1 N–H and O–H groups in total. The second-order valence-corrected chi connectivity index (χ2v) is 12.1. The summed E-state index contributed by atoms with van der Waals surface area (Å²) in [5.74, 6) is -0.521. The van der Waals surface area contributed by atoms with Gasteiger partial charge in [0.1, 0.15) is 13.2 Å². The van der Waals surface area contributed by atoms with Crippen LogP contribution < -0.4 is 5.32 Å². The molecule has 0 bridgehead atoms. The van der Waals surface area contributed by atoms with E-state index in [2.05, 4.69) is 19.2 Å². The molecule has 15 heteroatoms. The number of hydrogen-bond donors (Lipinski definition) is 1. The standard InChI is InChI=1S/C40H71NO14/c1-3-5-7-8-9-39(42)54-35-33-52-31-29-50-27-25-48-23-21-46-19-17-44-15-16-45-18-20-47-22-24-49-26-28-51-30-32-53-34-36-55-40(43)37-10-12-38(13-11-37)41-14-6-4-2/h10-13,41H,3-9,14-36H2,1-2H3. The lowest BCUT2D eigenvalue weighted by Crippen LogP contribution is -2.16. The van der Waals surface area contributed by atoms with Gasteiger partial charge in [0.2, 0.25) is 0 Å². The first-order valence-corrected chi connectivity index (χ1v) is 20.1. The fourth-order valence-corrected chi connectivity index (χ4v) is 4.47. The fourth-order valence-electron chi connectivity index (χ4n) is 4.47. The number of hydrogen-bond acceptors (Lipinski definition) is 15. The summed E-state index contributed by atoms with van der Waals surface area (Å²) in [7, 11) is 0. The second kappa shape index (κ2) is 41.2. The average Bonchev–Trinajstić information content (AvgIpc) is 3.20. The summed E-state index contributed by atoms with van der Waals surface area (Å²) < 4.78 is 65.1. The van der Waals surface area contributed by atoms with Crippen LogP contribution in [0.4, 0.5) is 5.69 Å². The van der Waals surface area contributed by atoms with Crippen LogP contribution in [0.3, 0.4) is 0 Å². The van der Waals surface area contributed by atoms with Crippen molar-refractivity contribution in [3.05, 3.63) is 29.8 Å².